The first-order valence-corrected chi connectivity index (χ1v) is 6.27. The third-order valence-corrected chi connectivity index (χ3v) is 2.79. The summed E-state index contributed by atoms with van der Waals surface area (Å²) in [5.74, 6) is 0.150. The highest BCUT2D eigenvalue weighted by Crippen LogP contribution is 2.16. The highest BCUT2D eigenvalue weighted by Gasteiger charge is 2.28. The van der Waals surface area contributed by atoms with Crippen LogP contribution in [0.1, 0.15) is 26.7 Å². The van der Waals surface area contributed by atoms with Gasteiger partial charge < -0.3 is 9.64 Å². The summed E-state index contributed by atoms with van der Waals surface area (Å²) in [6.45, 7) is 5.57. The van der Waals surface area contributed by atoms with Gasteiger partial charge in [-0.25, -0.2) is 0 Å². The lowest BCUT2D eigenvalue weighted by atomic mass is 10.2. The van der Waals surface area contributed by atoms with Gasteiger partial charge in [-0.3, -0.25) is 4.79 Å². The Kier molecular flexibility index (Phi) is 4.89. The Hall–Kier alpha value is -0.0900. The zero-order valence-electron chi connectivity index (χ0n) is 8.83. The predicted molar refractivity (Wildman–Crippen MR) is 59.6 cm³/mol. The van der Waals surface area contributed by atoms with Crippen molar-refractivity contribution in [3.05, 3.63) is 0 Å². The average Bonchev–Trinajstić information content (AvgIpc) is 2.65. The topological polar surface area (TPSA) is 29.5 Å². The average molecular weight is 264 g/mol. The summed E-state index contributed by atoms with van der Waals surface area (Å²) < 4.78 is 5.39. The van der Waals surface area contributed by atoms with E-state index >= 15 is 0 Å². The van der Waals surface area contributed by atoms with Gasteiger partial charge in [0.15, 0.2) is 0 Å². The van der Waals surface area contributed by atoms with Gasteiger partial charge in [-0.05, 0) is 26.7 Å². The molecule has 1 amide bonds. The molecule has 0 radical (unpaired) electrons. The van der Waals surface area contributed by atoms with Crippen LogP contribution < -0.4 is 0 Å². The molecule has 0 saturated carbocycles. The molecule has 82 valence electrons. The van der Waals surface area contributed by atoms with Crippen molar-refractivity contribution in [2.24, 2.45) is 0 Å². The first-order valence-electron chi connectivity index (χ1n) is 5.15. The summed E-state index contributed by atoms with van der Waals surface area (Å²) in [5.41, 5.74) is 0. The number of halogens is 1. The summed E-state index contributed by atoms with van der Waals surface area (Å²) in [4.78, 5) is 13.8. The van der Waals surface area contributed by atoms with Crippen molar-refractivity contribution in [1.29, 1.82) is 0 Å². The van der Waals surface area contributed by atoms with Gasteiger partial charge in [0.05, 0.1) is 0 Å². The molecule has 0 aromatic heterocycles. The van der Waals surface area contributed by atoms with Crippen molar-refractivity contribution < 1.29 is 9.53 Å². The number of hydrogen-bond acceptors (Lipinski definition) is 2. The fourth-order valence-corrected chi connectivity index (χ4v) is 2.05. The molecule has 1 unspecified atom stereocenters. The second kappa shape index (κ2) is 5.71. The first kappa shape index (κ1) is 12.0. The van der Waals surface area contributed by atoms with Crippen LogP contribution in [0, 0.1) is 0 Å². The molecule has 4 heteroatoms. The Morgan fingerprint density at radius 2 is 2.36 bits per heavy atom. The maximum atomic E-state index is 12.0. The maximum absolute atomic E-state index is 12.0. The van der Waals surface area contributed by atoms with Gasteiger partial charge in [0.25, 0.3) is 5.91 Å². The molecule has 1 saturated heterocycles. The van der Waals surface area contributed by atoms with Crippen LogP contribution in [0.15, 0.2) is 0 Å². The van der Waals surface area contributed by atoms with Gasteiger partial charge in [0.1, 0.15) is 6.10 Å². The lowest BCUT2D eigenvalue weighted by molar-refractivity contribution is -0.142. The van der Waals surface area contributed by atoms with Crippen LogP contribution in [0.5, 0.6) is 0 Å². The van der Waals surface area contributed by atoms with E-state index in [1.165, 1.54) is 0 Å². The zero-order chi connectivity index (χ0) is 10.6. The van der Waals surface area contributed by atoms with E-state index < -0.39 is 0 Å². The lowest BCUT2D eigenvalue weighted by Gasteiger charge is -2.28. The molecule has 0 N–H and O–H groups in total. The zero-order valence-corrected chi connectivity index (χ0v) is 10.4. The van der Waals surface area contributed by atoms with Gasteiger partial charge in [-0.15, -0.1) is 0 Å². The summed E-state index contributed by atoms with van der Waals surface area (Å²) in [6.07, 6.45) is 1.71. The summed E-state index contributed by atoms with van der Waals surface area (Å²) >= 11 is 3.36. The standard InChI is InChI=1S/C10H18BrNO2/c1-8(2)12(6-5-11)10(13)9-4-3-7-14-9/h8-9H,3-7H2,1-2H3. The molecule has 0 aromatic carbocycles. The largest absolute Gasteiger partial charge is 0.368 e. The molecule has 0 aliphatic carbocycles. The minimum Gasteiger partial charge on any atom is -0.368 e. The third kappa shape index (κ3) is 2.95. The van der Waals surface area contributed by atoms with Crippen molar-refractivity contribution in [1.82, 2.24) is 4.90 Å². The number of nitrogens with zero attached hydrogens (tertiary/aromatic N) is 1. The molecule has 1 atom stereocenters. The summed E-state index contributed by atoms with van der Waals surface area (Å²) in [6, 6.07) is 0.254. The van der Waals surface area contributed by atoms with E-state index in [1.807, 2.05) is 18.7 Å². The highest BCUT2D eigenvalue weighted by molar-refractivity contribution is 9.09. The van der Waals surface area contributed by atoms with E-state index in [0.717, 1.165) is 31.3 Å². The molecule has 3 nitrogen and oxygen atoms in total. The third-order valence-electron chi connectivity index (χ3n) is 2.44. The highest BCUT2D eigenvalue weighted by atomic mass is 79.9. The molecule has 1 aliphatic heterocycles. The van der Waals surface area contributed by atoms with E-state index in [0.29, 0.717) is 0 Å². The summed E-state index contributed by atoms with van der Waals surface area (Å²) in [5, 5.41) is 0.823. The van der Waals surface area contributed by atoms with E-state index in [2.05, 4.69) is 15.9 Å². The van der Waals surface area contributed by atoms with Gasteiger partial charge in [0, 0.05) is 24.5 Å². The van der Waals surface area contributed by atoms with Gasteiger partial charge >= 0.3 is 0 Å². The van der Waals surface area contributed by atoms with Crippen LogP contribution in [-0.2, 0) is 9.53 Å². The fraction of sp³-hybridized carbons (Fsp3) is 0.900. The summed E-state index contributed by atoms with van der Waals surface area (Å²) in [7, 11) is 0. The SMILES string of the molecule is CC(C)N(CCBr)C(=O)C1CCCO1. The Balaban J connectivity index is 2.53. The smallest absolute Gasteiger partial charge is 0.251 e. The van der Waals surface area contributed by atoms with Crippen LogP contribution in [0.3, 0.4) is 0 Å². The van der Waals surface area contributed by atoms with E-state index in [4.69, 9.17) is 4.74 Å². The van der Waals surface area contributed by atoms with Crippen LogP contribution >= 0.6 is 15.9 Å². The quantitative estimate of drug-likeness (QED) is 0.724. The Bertz CT molecular complexity index is 191. The van der Waals surface area contributed by atoms with Gasteiger partial charge in [-0.1, -0.05) is 15.9 Å². The van der Waals surface area contributed by atoms with Gasteiger partial charge in [-0.2, -0.15) is 0 Å². The Morgan fingerprint density at radius 1 is 1.64 bits per heavy atom. The number of carbonyl (C=O) groups is 1. The van der Waals surface area contributed by atoms with E-state index in [9.17, 15) is 4.79 Å². The number of amides is 1. The van der Waals surface area contributed by atoms with Gasteiger partial charge in [0.2, 0.25) is 0 Å². The molecule has 1 heterocycles. The van der Waals surface area contributed by atoms with Crippen molar-refractivity contribution in [3.63, 3.8) is 0 Å². The van der Waals surface area contributed by atoms with Crippen molar-refractivity contribution in [3.8, 4) is 0 Å². The molecule has 0 bridgehead atoms. The molecule has 0 aromatic rings. The van der Waals surface area contributed by atoms with Crippen molar-refractivity contribution in [2.45, 2.75) is 38.8 Å². The van der Waals surface area contributed by atoms with Crippen LogP contribution in [0.2, 0.25) is 0 Å². The minimum atomic E-state index is -0.184. The molecular weight excluding hydrogens is 246 g/mol. The number of hydrogen-bond donors (Lipinski definition) is 0. The maximum Gasteiger partial charge on any atom is 0.251 e. The first-order chi connectivity index (χ1) is 6.66. The molecule has 1 rings (SSSR count). The predicted octanol–water partition coefficient (Wildman–Crippen LogP) is 1.80. The van der Waals surface area contributed by atoms with E-state index in [-0.39, 0.29) is 18.1 Å². The minimum absolute atomic E-state index is 0.150. The van der Waals surface area contributed by atoms with E-state index in [1.54, 1.807) is 0 Å². The number of ether oxygens (including phenoxy) is 1. The molecule has 1 aliphatic rings. The normalized spacial score (nSPS) is 21.6. The van der Waals surface area contributed by atoms with Crippen molar-refractivity contribution in [2.75, 3.05) is 18.5 Å². The molecule has 1 fully saturated rings. The van der Waals surface area contributed by atoms with Crippen LogP contribution in [0.4, 0.5) is 0 Å². The monoisotopic (exact) mass is 263 g/mol. The second-order valence-electron chi connectivity index (χ2n) is 3.82. The molecule has 0 spiro atoms. The number of rotatable bonds is 4. The molecular formula is C10H18BrNO2. The van der Waals surface area contributed by atoms with Crippen LogP contribution in [-0.4, -0.2) is 41.4 Å². The second-order valence-corrected chi connectivity index (χ2v) is 4.61. The fourth-order valence-electron chi connectivity index (χ4n) is 1.67. The Morgan fingerprint density at radius 3 is 2.79 bits per heavy atom. The Labute approximate surface area is 93.9 Å². The number of carbonyl (C=O) groups excluding carboxylic acids is 1. The van der Waals surface area contributed by atoms with Crippen LogP contribution in [0.25, 0.3) is 0 Å². The molecule has 14 heavy (non-hydrogen) atoms. The number of alkyl halides is 1. The van der Waals surface area contributed by atoms with Crippen molar-refractivity contribution >= 4 is 21.8 Å². The lowest BCUT2D eigenvalue weighted by Crippen LogP contribution is -2.44.